The van der Waals surface area contributed by atoms with Crippen LogP contribution in [0.15, 0.2) is 42.6 Å². The molecule has 0 radical (unpaired) electrons. The highest BCUT2D eigenvalue weighted by molar-refractivity contribution is 7.85. The van der Waals surface area contributed by atoms with E-state index in [0.29, 0.717) is 34.6 Å². The molecule has 0 fully saturated rings. The average molecular weight is 557 g/mol. The van der Waals surface area contributed by atoms with Crippen LogP contribution in [0.25, 0.3) is 0 Å². The number of nitrogens with zero attached hydrogens (tertiary/aromatic N) is 3. The summed E-state index contributed by atoms with van der Waals surface area (Å²) in [6, 6.07) is 9.54. The van der Waals surface area contributed by atoms with Gasteiger partial charge in [-0.1, -0.05) is 17.7 Å². The Morgan fingerprint density at radius 3 is 2.54 bits per heavy atom. The first kappa shape index (κ1) is 28.0. The summed E-state index contributed by atoms with van der Waals surface area (Å²) in [5.74, 6) is -0.363. The minimum absolute atomic E-state index is 0.0579. The summed E-state index contributed by atoms with van der Waals surface area (Å²) in [6.45, 7) is 1.28. The first-order valence-electron chi connectivity index (χ1n) is 10.7. The van der Waals surface area contributed by atoms with Crippen molar-refractivity contribution in [3.63, 3.8) is 0 Å². The Kier molecular flexibility index (Phi) is 8.81. The summed E-state index contributed by atoms with van der Waals surface area (Å²) in [5.41, 5.74) is 0.806. The van der Waals surface area contributed by atoms with Gasteiger partial charge in [0, 0.05) is 44.7 Å². The van der Waals surface area contributed by atoms with E-state index in [1.807, 2.05) is 0 Å². The highest BCUT2D eigenvalue weighted by Crippen LogP contribution is 2.35. The van der Waals surface area contributed by atoms with Crippen LogP contribution >= 0.6 is 11.6 Å². The van der Waals surface area contributed by atoms with E-state index in [2.05, 4.69) is 25.9 Å². The number of aromatic nitrogens is 2. The Morgan fingerprint density at radius 2 is 1.95 bits per heavy atom. The molecule has 198 valence electrons. The summed E-state index contributed by atoms with van der Waals surface area (Å²) in [6.07, 6.45) is -2.56. The van der Waals surface area contributed by atoms with Gasteiger partial charge in [-0.2, -0.15) is 18.2 Å². The fraction of sp³-hybridized carbons (Fsp3) is 0.261. The molecule has 3 N–H and O–H groups in total. The first-order valence-corrected chi connectivity index (χ1v) is 12.5. The van der Waals surface area contributed by atoms with Gasteiger partial charge in [0.05, 0.1) is 23.5 Å². The highest BCUT2D eigenvalue weighted by atomic mass is 35.5. The van der Waals surface area contributed by atoms with Gasteiger partial charge in [-0.25, -0.2) is 9.19 Å². The number of carbonyl (C=O) groups is 1. The van der Waals surface area contributed by atoms with E-state index in [1.54, 1.807) is 31.3 Å². The van der Waals surface area contributed by atoms with Gasteiger partial charge in [-0.15, -0.1) is 0 Å². The monoisotopic (exact) mass is 556 g/mol. The summed E-state index contributed by atoms with van der Waals surface area (Å²) in [7, 11) is 1.70. The Balaban J connectivity index is 1.90. The normalized spacial score (nSPS) is 12.0. The van der Waals surface area contributed by atoms with Gasteiger partial charge in [-0.05, 0) is 29.8 Å². The van der Waals surface area contributed by atoms with Crippen LogP contribution in [0.2, 0.25) is 5.02 Å². The van der Waals surface area contributed by atoms with Crippen molar-refractivity contribution in [1.29, 1.82) is 0 Å². The number of anilines is 5. The van der Waals surface area contributed by atoms with Crippen LogP contribution in [0, 0.1) is 0 Å². The topological polar surface area (TPSA) is 108 Å². The quantitative estimate of drug-likeness (QED) is 0.332. The second kappa shape index (κ2) is 11.6. The van der Waals surface area contributed by atoms with Gasteiger partial charge in [0.15, 0.2) is 0 Å². The van der Waals surface area contributed by atoms with Gasteiger partial charge < -0.3 is 20.7 Å². The predicted molar refractivity (Wildman–Crippen MR) is 139 cm³/mol. The number of carbonyl (C=O) groups excluding carboxylic acids is 1. The second-order valence-electron chi connectivity index (χ2n) is 7.72. The molecule has 14 heteroatoms. The maximum absolute atomic E-state index is 13.7. The Hall–Kier alpha value is -3.58. The summed E-state index contributed by atoms with van der Waals surface area (Å²) < 4.78 is 59.8. The second-order valence-corrected chi connectivity index (χ2v) is 9.53. The van der Waals surface area contributed by atoms with Gasteiger partial charge in [-0.3, -0.25) is 9.10 Å². The lowest BCUT2D eigenvalue weighted by Crippen LogP contribution is -2.21. The number of ether oxygens (including phenoxy) is 1. The maximum atomic E-state index is 13.7. The zero-order chi connectivity index (χ0) is 27.3. The summed E-state index contributed by atoms with van der Waals surface area (Å²) >= 11 is 6.17. The number of alkyl halides is 3. The molecule has 2 aromatic carbocycles. The minimum Gasteiger partial charge on any atom is -0.497 e. The van der Waals surface area contributed by atoms with E-state index in [9.17, 15) is 22.2 Å². The number of hydrogen-bond acceptors (Lipinski definition) is 7. The molecular formula is C23H24ClF3N6O3S. The molecule has 0 aliphatic carbocycles. The van der Waals surface area contributed by atoms with Crippen molar-refractivity contribution in [2.75, 3.05) is 40.7 Å². The molecule has 0 bridgehead atoms. The Bertz CT molecular complexity index is 1330. The number of rotatable bonds is 9. The van der Waals surface area contributed by atoms with Crippen molar-refractivity contribution in [2.24, 2.45) is 0 Å². The van der Waals surface area contributed by atoms with E-state index >= 15 is 0 Å². The molecule has 9 nitrogen and oxygen atoms in total. The molecule has 0 aliphatic rings. The molecule has 1 heterocycles. The molecule has 1 unspecified atom stereocenters. The number of benzene rings is 2. The van der Waals surface area contributed by atoms with Crippen LogP contribution in [0.1, 0.15) is 18.1 Å². The SMILES string of the molecule is COc1ccc(CNc2nc(Nc3ccc(NC(C)=O)c(Cl)c3)ncc2C(F)(F)F)c(N(C)S(C)=O)c1. The third kappa shape index (κ3) is 7.23. The van der Waals surface area contributed by atoms with Crippen molar-refractivity contribution in [1.82, 2.24) is 9.97 Å². The third-order valence-corrected chi connectivity index (χ3v) is 6.37. The average Bonchev–Trinajstić information content (AvgIpc) is 2.83. The van der Waals surface area contributed by atoms with Crippen LogP contribution in [0.3, 0.4) is 0 Å². The number of amides is 1. The lowest BCUT2D eigenvalue weighted by atomic mass is 10.1. The van der Waals surface area contributed by atoms with E-state index in [0.717, 1.165) is 0 Å². The minimum atomic E-state index is -4.71. The standard InChI is InChI=1S/C23H24ClF3N6O3S/c1-13(34)30-19-8-6-15(9-18(19)24)31-22-29-12-17(23(25,26)27)21(32-22)28-11-14-5-7-16(36-3)10-20(14)33(2)37(4)35/h5-10,12H,11H2,1-4H3,(H,30,34)(H2,28,29,31,32). The largest absolute Gasteiger partial charge is 0.497 e. The summed E-state index contributed by atoms with van der Waals surface area (Å²) in [4.78, 5) is 19.1. The van der Waals surface area contributed by atoms with Crippen molar-refractivity contribution in [3.05, 3.63) is 58.7 Å². The van der Waals surface area contributed by atoms with Crippen LogP contribution in [-0.2, 0) is 28.5 Å². The third-order valence-electron chi connectivity index (χ3n) is 5.09. The van der Waals surface area contributed by atoms with Crippen molar-refractivity contribution >= 4 is 57.3 Å². The zero-order valence-electron chi connectivity index (χ0n) is 20.2. The number of nitrogens with one attached hydrogen (secondary N) is 3. The molecule has 0 spiro atoms. The Labute approximate surface area is 219 Å². The van der Waals surface area contributed by atoms with Crippen LogP contribution < -0.4 is 25.0 Å². The van der Waals surface area contributed by atoms with Gasteiger partial charge in [0.2, 0.25) is 11.9 Å². The first-order chi connectivity index (χ1) is 17.4. The molecular weight excluding hydrogens is 533 g/mol. The predicted octanol–water partition coefficient (Wildman–Crippen LogP) is 5.20. The van der Waals surface area contributed by atoms with Gasteiger partial charge in [0.25, 0.3) is 0 Å². The fourth-order valence-electron chi connectivity index (χ4n) is 3.23. The van der Waals surface area contributed by atoms with E-state index in [4.69, 9.17) is 16.3 Å². The van der Waals surface area contributed by atoms with Crippen LogP contribution in [0.5, 0.6) is 5.75 Å². The molecule has 0 aliphatic heterocycles. The lowest BCUT2D eigenvalue weighted by molar-refractivity contribution is -0.137. The van der Waals surface area contributed by atoms with Crippen LogP contribution in [-0.4, -0.2) is 40.5 Å². The molecule has 37 heavy (non-hydrogen) atoms. The van der Waals surface area contributed by atoms with Crippen molar-refractivity contribution in [2.45, 2.75) is 19.6 Å². The van der Waals surface area contributed by atoms with Gasteiger partial charge >= 0.3 is 6.18 Å². The molecule has 3 aromatic rings. The lowest BCUT2D eigenvalue weighted by Gasteiger charge is -2.21. The maximum Gasteiger partial charge on any atom is 0.421 e. The Morgan fingerprint density at radius 1 is 1.22 bits per heavy atom. The molecule has 0 saturated heterocycles. The number of hydrogen-bond donors (Lipinski definition) is 3. The molecule has 3 rings (SSSR count). The van der Waals surface area contributed by atoms with Crippen molar-refractivity contribution < 1.29 is 26.9 Å². The van der Waals surface area contributed by atoms with Crippen LogP contribution in [0.4, 0.5) is 42.0 Å². The highest BCUT2D eigenvalue weighted by Gasteiger charge is 2.35. The number of methoxy groups -OCH3 is 1. The van der Waals surface area contributed by atoms with Crippen molar-refractivity contribution in [3.8, 4) is 5.75 Å². The molecule has 1 aromatic heterocycles. The smallest absolute Gasteiger partial charge is 0.421 e. The fourth-order valence-corrected chi connectivity index (χ4v) is 3.90. The molecule has 1 amide bonds. The molecule has 0 saturated carbocycles. The van der Waals surface area contributed by atoms with Gasteiger partial charge in [0.1, 0.15) is 28.1 Å². The van der Waals surface area contributed by atoms with E-state index in [1.165, 1.54) is 36.7 Å². The zero-order valence-corrected chi connectivity index (χ0v) is 21.8. The van der Waals surface area contributed by atoms with E-state index in [-0.39, 0.29) is 23.4 Å². The summed E-state index contributed by atoms with van der Waals surface area (Å²) in [5, 5.41) is 8.31. The van der Waals surface area contributed by atoms with E-state index < -0.39 is 28.5 Å². The molecule has 1 atom stereocenters. The number of halogens is 4.